The van der Waals surface area contributed by atoms with E-state index in [4.69, 9.17) is 11.6 Å². The fourth-order valence-electron chi connectivity index (χ4n) is 1.11. The second-order valence-corrected chi connectivity index (χ2v) is 6.25. The Hall–Kier alpha value is -0.580. The molecule has 3 nitrogen and oxygen atoms in total. The molecule has 0 saturated heterocycles. The van der Waals surface area contributed by atoms with Crippen LogP contribution in [0.15, 0.2) is 35.2 Å². The lowest BCUT2D eigenvalue weighted by Crippen LogP contribution is -2.31. The maximum absolute atomic E-state index is 11.8. The van der Waals surface area contributed by atoms with Gasteiger partial charge in [0.1, 0.15) is 0 Å². The molecule has 16 heavy (non-hydrogen) atoms. The average molecular weight is 262 g/mol. The van der Waals surface area contributed by atoms with Gasteiger partial charge in [-0.1, -0.05) is 32.0 Å². The molecule has 5 heteroatoms. The Balaban J connectivity index is 2.67. The van der Waals surface area contributed by atoms with Crippen LogP contribution in [0.1, 0.15) is 13.8 Å². The van der Waals surface area contributed by atoms with Crippen molar-refractivity contribution in [3.63, 3.8) is 0 Å². The van der Waals surface area contributed by atoms with E-state index >= 15 is 0 Å². The number of halogens is 1. The largest absolute Gasteiger partial charge is 0.240 e. The molecule has 1 rings (SSSR count). The monoisotopic (exact) mass is 261 g/mol. The van der Waals surface area contributed by atoms with Crippen LogP contribution in [0.5, 0.6) is 0 Å². The Bertz CT molecular complexity index is 417. The number of hydrogen-bond donors (Lipinski definition) is 1. The van der Waals surface area contributed by atoms with E-state index in [0.29, 0.717) is 0 Å². The number of rotatable bonds is 5. The van der Waals surface area contributed by atoms with E-state index < -0.39 is 10.0 Å². The Morgan fingerprint density at radius 3 is 2.31 bits per heavy atom. The van der Waals surface area contributed by atoms with Gasteiger partial charge in [-0.3, -0.25) is 0 Å². The van der Waals surface area contributed by atoms with E-state index in [0.717, 1.165) is 0 Å². The second kappa shape index (κ2) is 5.66. The van der Waals surface area contributed by atoms with Crippen LogP contribution >= 0.6 is 11.6 Å². The third-order valence-corrected chi connectivity index (χ3v) is 4.34. The maximum atomic E-state index is 11.8. The van der Waals surface area contributed by atoms with Crippen molar-refractivity contribution in [1.82, 2.24) is 4.72 Å². The summed E-state index contributed by atoms with van der Waals surface area (Å²) in [5, 5.41) is -0.196. The van der Waals surface area contributed by atoms with Gasteiger partial charge in [0.15, 0.2) is 0 Å². The summed E-state index contributed by atoms with van der Waals surface area (Å²) in [4.78, 5) is 0.266. The van der Waals surface area contributed by atoms with Crippen LogP contribution in [0.2, 0.25) is 0 Å². The summed E-state index contributed by atoms with van der Waals surface area (Å²) < 4.78 is 26.1. The van der Waals surface area contributed by atoms with Crippen LogP contribution in [-0.2, 0) is 10.0 Å². The summed E-state index contributed by atoms with van der Waals surface area (Å²) in [6.07, 6.45) is 0. The van der Waals surface area contributed by atoms with E-state index in [1.807, 2.05) is 13.8 Å². The molecule has 0 heterocycles. The lowest BCUT2D eigenvalue weighted by atomic mass is 10.1. The van der Waals surface area contributed by atoms with E-state index in [9.17, 15) is 8.42 Å². The predicted octanol–water partition coefficient (Wildman–Crippen LogP) is 2.23. The summed E-state index contributed by atoms with van der Waals surface area (Å²) in [5.74, 6) is 0.236. The van der Waals surface area contributed by atoms with Crippen molar-refractivity contribution in [2.75, 3.05) is 6.54 Å². The maximum Gasteiger partial charge on any atom is 0.240 e. The Kier molecular flexibility index (Phi) is 4.77. The van der Waals surface area contributed by atoms with Gasteiger partial charge in [-0.2, -0.15) is 0 Å². The van der Waals surface area contributed by atoms with Crippen molar-refractivity contribution in [2.45, 2.75) is 24.1 Å². The average Bonchev–Trinajstić information content (AvgIpc) is 2.27. The lowest BCUT2D eigenvalue weighted by Gasteiger charge is -2.14. The molecule has 0 aliphatic heterocycles. The molecular weight excluding hydrogens is 246 g/mol. The van der Waals surface area contributed by atoms with Crippen molar-refractivity contribution in [3.8, 4) is 0 Å². The summed E-state index contributed by atoms with van der Waals surface area (Å²) in [7, 11) is -3.42. The predicted molar refractivity (Wildman–Crippen MR) is 66.1 cm³/mol. The van der Waals surface area contributed by atoms with Crippen LogP contribution in [0.4, 0.5) is 0 Å². The molecule has 1 aromatic carbocycles. The molecule has 90 valence electrons. The van der Waals surface area contributed by atoms with Gasteiger partial charge in [0.05, 0.1) is 4.90 Å². The number of nitrogens with one attached hydrogen (secondary N) is 1. The van der Waals surface area contributed by atoms with Crippen LogP contribution in [0, 0.1) is 5.92 Å². The molecule has 1 aromatic rings. The Labute approximate surface area is 102 Å². The highest BCUT2D eigenvalue weighted by atomic mass is 35.5. The summed E-state index contributed by atoms with van der Waals surface area (Å²) in [5.41, 5.74) is 0. The minimum atomic E-state index is -3.42. The van der Waals surface area contributed by atoms with Gasteiger partial charge in [0, 0.05) is 11.9 Å². The fraction of sp³-hybridized carbons (Fsp3) is 0.455. The zero-order valence-electron chi connectivity index (χ0n) is 9.35. The van der Waals surface area contributed by atoms with Crippen molar-refractivity contribution in [3.05, 3.63) is 30.3 Å². The molecule has 0 aliphatic carbocycles. The van der Waals surface area contributed by atoms with Crippen LogP contribution in [0.25, 0.3) is 0 Å². The topological polar surface area (TPSA) is 46.2 Å². The fourth-order valence-corrected chi connectivity index (χ4v) is 2.36. The second-order valence-electron chi connectivity index (χ2n) is 3.92. The minimum absolute atomic E-state index is 0.196. The summed E-state index contributed by atoms with van der Waals surface area (Å²) in [6, 6.07) is 8.27. The molecule has 1 unspecified atom stereocenters. The van der Waals surface area contributed by atoms with Gasteiger partial charge in [-0.15, -0.1) is 11.6 Å². The highest BCUT2D eigenvalue weighted by Gasteiger charge is 2.16. The van der Waals surface area contributed by atoms with Crippen LogP contribution in [0.3, 0.4) is 0 Å². The molecule has 1 N–H and O–H groups in total. The summed E-state index contributed by atoms with van der Waals surface area (Å²) >= 11 is 5.98. The highest BCUT2D eigenvalue weighted by molar-refractivity contribution is 7.89. The van der Waals surface area contributed by atoms with E-state index in [1.165, 1.54) is 0 Å². The number of alkyl halides is 1. The van der Waals surface area contributed by atoms with Gasteiger partial charge >= 0.3 is 0 Å². The molecule has 0 bridgehead atoms. The van der Waals surface area contributed by atoms with Gasteiger partial charge in [-0.25, -0.2) is 13.1 Å². The standard InChI is InChI=1S/C11H16ClNO2S/c1-9(2)11(12)8-13-16(14,15)10-6-4-3-5-7-10/h3-7,9,11,13H,8H2,1-2H3. The molecule has 0 amide bonds. The molecule has 0 aromatic heterocycles. The van der Waals surface area contributed by atoms with Crippen molar-refractivity contribution in [2.24, 2.45) is 5.92 Å². The normalized spacial score (nSPS) is 14.0. The molecule has 1 atom stereocenters. The van der Waals surface area contributed by atoms with Gasteiger partial charge in [0.25, 0.3) is 0 Å². The smallest absolute Gasteiger partial charge is 0.210 e. The minimum Gasteiger partial charge on any atom is -0.210 e. The quantitative estimate of drug-likeness (QED) is 0.827. The molecule has 0 fully saturated rings. The first-order chi connectivity index (χ1) is 7.43. The van der Waals surface area contributed by atoms with Crippen molar-refractivity contribution in [1.29, 1.82) is 0 Å². The zero-order valence-corrected chi connectivity index (χ0v) is 10.9. The first kappa shape index (κ1) is 13.5. The van der Waals surface area contributed by atoms with E-state index in [2.05, 4.69) is 4.72 Å². The molecule has 0 saturated carbocycles. The molecule has 0 radical (unpaired) electrons. The molecule has 0 spiro atoms. The van der Waals surface area contributed by atoms with Gasteiger partial charge < -0.3 is 0 Å². The molecule has 0 aliphatic rings. The SMILES string of the molecule is CC(C)C(Cl)CNS(=O)(=O)c1ccccc1. The highest BCUT2D eigenvalue weighted by Crippen LogP contribution is 2.11. The third-order valence-electron chi connectivity index (χ3n) is 2.25. The Morgan fingerprint density at radius 2 is 1.81 bits per heavy atom. The first-order valence-corrected chi connectivity index (χ1v) is 7.04. The van der Waals surface area contributed by atoms with Gasteiger partial charge in [0.2, 0.25) is 10.0 Å². The van der Waals surface area contributed by atoms with Crippen LogP contribution in [-0.4, -0.2) is 20.3 Å². The number of hydrogen-bond acceptors (Lipinski definition) is 2. The number of benzene rings is 1. The van der Waals surface area contributed by atoms with Crippen molar-refractivity contribution < 1.29 is 8.42 Å². The van der Waals surface area contributed by atoms with E-state index in [-0.39, 0.29) is 22.7 Å². The van der Waals surface area contributed by atoms with E-state index in [1.54, 1.807) is 30.3 Å². The number of sulfonamides is 1. The van der Waals surface area contributed by atoms with Crippen LogP contribution < -0.4 is 4.72 Å². The van der Waals surface area contributed by atoms with Gasteiger partial charge in [-0.05, 0) is 18.1 Å². The Morgan fingerprint density at radius 1 is 1.25 bits per heavy atom. The zero-order chi connectivity index (χ0) is 12.2. The summed E-state index contributed by atoms with van der Waals surface area (Å²) in [6.45, 7) is 4.15. The lowest BCUT2D eigenvalue weighted by molar-refractivity contribution is 0.556. The first-order valence-electron chi connectivity index (χ1n) is 5.12. The third kappa shape index (κ3) is 3.77. The molecular formula is C11H16ClNO2S. The van der Waals surface area contributed by atoms with Crippen molar-refractivity contribution >= 4 is 21.6 Å².